The highest BCUT2D eigenvalue weighted by atomic mass is 16.5. The molecular formula is C4H11N3O2-2. The standard InChI is InChI=1S/C4H11N3O2/c1-4(6(2)8)5-7(3)9/h4-5H,1-3H3/q-2/t4-/m1/s1. The smallest absolute Gasteiger partial charge is 0.0577 e. The van der Waals surface area contributed by atoms with Crippen LogP contribution in [0.25, 0.3) is 0 Å². The van der Waals surface area contributed by atoms with E-state index < -0.39 is 6.17 Å². The van der Waals surface area contributed by atoms with E-state index in [9.17, 15) is 10.4 Å². The summed E-state index contributed by atoms with van der Waals surface area (Å²) in [7, 11) is 2.64. The van der Waals surface area contributed by atoms with Gasteiger partial charge in [0.2, 0.25) is 0 Å². The van der Waals surface area contributed by atoms with Crippen LogP contribution in [0.4, 0.5) is 0 Å². The van der Waals surface area contributed by atoms with Gasteiger partial charge >= 0.3 is 0 Å². The van der Waals surface area contributed by atoms with Crippen molar-refractivity contribution >= 4 is 0 Å². The average Bonchev–Trinajstić information content (AvgIpc) is 1.63. The van der Waals surface area contributed by atoms with Crippen LogP contribution in [0.15, 0.2) is 0 Å². The van der Waals surface area contributed by atoms with Crippen LogP contribution in [0.2, 0.25) is 0 Å². The highest BCUT2D eigenvalue weighted by Gasteiger charge is 1.94. The summed E-state index contributed by atoms with van der Waals surface area (Å²) >= 11 is 0. The van der Waals surface area contributed by atoms with Gasteiger partial charge in [0, 0.05) is 0 Å². The minimum atomic E-state index is -0.465. The van der Waals surface area contributed by atoms with Crippen molar-refractivity contribution in [1.29, 1.82) is 0 Å². The maximum atomic E-state index is 10.4. The third-order valence-corrected chi connectivity index (χ3v) is 0.914. The molecule has 0 spiro atoms. The maximum Gasteiger partial charge on any atom is 0.0577 e. The average molecular weight is 133 g/mol. The second-order valence-corrected chi connectivity index (χ2v) is 1.85. The molecule has 0 aromatic rings. The first kappa shape index (κ1) is 8.80. The maximum absolute atomic E-state index is 10.4. The van der Waals surface area contributed by atoms with Crippen LogP contribution in [0, 0.1) is 10.4 Å². The molecule has 0 fully saturated rings. The normalized spacial score (nSPS) is 15.0. The van der Waals surface area contributed by atoms with Gasteiger partial charge in [0.1, 0.15) is 0 Å². The fourth-order valence-corrected chi connectivity index (χ4v) is 0.344. The number of nitrogens with zero attached hydrogens (tertiary/aromatic N) is 2. The van der Waals surface area contributed by atoms with Crippen molar-refractivity contribution in [3.05, 3.63) is 10.4 Å². The summed E-state index contributed by atoms with van der Waals surface area (Å²) in [6.45, 7) is 1.60. The molecule has 56 valence electrons. The van der Waals surface area contributed by atoms with E-state index in [2.05, 4.69) is 5.43 Å². The Labute approximate surface area is 54.4 Å². The van der Waals surface area contributed by atoms with Gasteiger partial charge in [-0.05, 0) is 21.0 Å². The van der Waals surface area contributed by atoms with E-state index in [0.717, 1.165) is 0 Å². The number of rotatable bonds is 3. The molecule has 0 aromatic carbocycles. The van der Waals surface area contributed by atoms with Crippen molar-refractivity contribution < 1.29 is 0 Å². The molecule has 0 saturated heterocycles. The van der Waals surface area contributed by atoms with Gasteiger partial charge in [-0.2, -0.15) is 0 Å². The molecule has 1 N–H and O–H groups in total. The minimum Gasteiger partial charge on any atom is -0.784 e. The van der Waals surface area contributed by atoms with Crippen LogP contribution in [0.5, 0.6) is 0 Å². The van der Waals surface area contributed by atoms with Gasteiger partial charge in [0.05, 0.1) is 6.17 Å². The Hall–Kier alpha value is -0.200. The Kier molecular flexibility index (Phi) is 3.67. The highest BCUT2D eigenvalue weighted by Crippen LogP contribution is 1.86. The predicted octanol–water partition coefficient (Wildman–Crippen LogP) is -0.304. The van der Waals surface area contributed by atoms with Crippen LogP contribution in [-0.2, 0) is 0 Å². The molecule has 0 aliphatic carbocycles. The Bertz CT molecular complexity index is 76.2. The fraction of sp³-hybridized carbons (Fsp3) is 1.00. The van der Waals surface area contributed by atoms with Gasteiger partial charge < -0.3 is 20.6 Å². The van der Waals surface area contributed by atoms with Crippen molar-refractivity contribution in [2.24, 2.45) is 0 Å². The van der Waals surface area contributed by atoms with E-state index in [-0.39, 0.29) is 0 Å². The third-order valence-electron chi connectivity index (χ3n) is 0.914. The summed E-state index contributed by atoms with van der Waals surface area (Å²) in [5.74, 6) is 0. The van der Waals surface area contributed by atoms with E-state index >= 15 is 0 Å². The minimum absolute atomic E-state index is 0.465. The zero-order valence-electron chi connectivity index (χ0n) is 5.79. The van der Waals surface area contributed by atoms with Crippen molar-refractivity contribution in [3.63, 3.8) is 0 Å². The molecule has 0 bridgehead atoms. The van der Waals surface area contributed by atoms with Crippen molar-refractivity contribution in [1.82, 2.24) is 15.7 Å². The first-order valence-corrected chi connectivity index (χ1v) is 2.61. The number of nitrogens with one attached hydrogen (secondary N) is 1. The van der Waals surface area contributed by atoms with Crippen LogP contribution in [0.3, 0.4) is 0 Å². The van der Waals surface area contributed by atoms with Crippen LogP contribution >= 0.6 is 0 Å². The van der Waals surface area contributed by atoms with Gasteiger partial charge in [-0.25, -0.2) is 0 Å². The fourth-order valence-electron chi connectivity index (χ4n) is 0.344. The molecule has 0 aromatic heterocycles. The van der Waals surface area contributed by atoms with Crippen molar-refractivity contribution in [2.45, 2.75) is 13.1 Å². The van der Waals surface area contributed by atoms with E-state index in [1.807, 2.05) is 0 Å². The summed E-state index contributed by atoms with van der Waals surface area (Å²) < 4.78 is 0. The van der Waals surface area contributed by atoms with Gasteiger partial charge in [0.25, 0.3) is 0 Å². The lowest BCUT2D eigenvalue weighted by atomic mass is 10.6. The SMILES string of the molecule is C[C@H](NN(C)[O-])N(C)[O-]. The quantitative estimate of drug-likeness (QED) is 0.423. The third kappa shape index (κ3) is 4.31. The molecule has 0 unspecified atom stereocenters. The van der Waals surface area contributed by atoms with Crippen molar-refractivity contribution in [2.75, 3.05) is 14.1 Å². The lowest BCUT2D eigenvalue weighted by Gasteiger charge is -2.36. The zero-order valence-corrected chi connectivity index (χ0v) is 5.79. The van der Waals surface area contributed by atoms with Crippen LogP contribution in [-0.4, -0.2) is 30.5 Å². The predicted molar refractivity (Wildman–Crippen MR) is 34.9 cm³/mol. The molecule has 0 aliphatic heterocycles. The molecule has 5 heteroatoms. The van der Waals surface area contributed by atoms with E-state index in [1.165, 1.54) is 14.1 Å². The summed E-state index contributed by atoms with van der Waals surface area (Å²) in [5.41, 5.74) is 2.33. The molecule has 1 atom stereocenters. The molecule has 5 nitrogen and oxygen atoms in total. The summed E-state index contributed by atoms with van der Waals surface area (Å²) in [4.78, 5) is 0. The first-order valence-electron chi connectivity index (χ1n) is 2.61. The molecule has 0 rings (SSSR count). The molecule has 0 heterocycles. The first-order chi connectivity index (χ1) is 4.04. The number of hydrazine groups is 1. The zero-order chi connectivity index (χ0) is 7.44. The monoisotopic (exact) mass is 133 g/mol. The van der Waals surface area contributed by atoms with Gasteiger partial charge in [0.15, 0.2) is 0 Å². The summed E-state index contributed by atoms with van der Waals surface area (Å²) in [6.07, 6.45) is -0.465. The Morgan fingerprint density at radius 1 is 1.33 bits per heavy atom. The topological polar surface area (TPSA) is 64.6 Å². The molecule has 0 amide bonds. The van der Waals surface area contributed by atoms with Gasteiger partial charge in [-0.3, -0.25) is 5.43 Å². The Balaban J connectivity index is 3.38. The summed E-state index contributed by atoms with van der Waals surface area (Å²) in [5, 5.41) is 21.7. The largest absolute Gasteiger partial charge is 0.784 e. The lowest BCUT2D eigenvalue weighted by Crippen LogP contribution is -2.44. The second-order valence-electron chi connectivity index (χ2n) is 1.85. The highest BCUT2D eigenvalue weighted by molar-refractivity contribution is 4.57. The molecule has 0 saturated carbocycles. The van der Waals surface area contributed by atoms with Crippen LogP contribution < -0.4 is 5.43 Å². The van der Waals surface area contributed by atoms with E-state index in [1.54, 1.807) is 6.92 Å². The molecule has 9 heavy (non-hydrogen) atoms. The number of hydroxylamine groups is 3. The Morgan fingerprint density at radius 2 is 1.78 bits per heavy atom. The second kappa shape index (κ2) is 3.76. The number of hydrogen-bond donors (Lipinski definition) is 1. The molecule has 0 aliphatic rings. The van der Waals surface area contributed by atoms with E-state index in [4.69, 9.17) is 0 Å². The van der Waals surface area contributed by atoms with Gasteiger partial charge in [-0.1, -0.05) is 0 Å². The number of hydrogen-bond acceptors (Lipinski definition) is 5. The molecule has 0 radical (unpaired) electrons. The molecular weight excluding hydrogens is 122 g/mol. The van der Waals surface area contributed by atoms with Gasteiger partial charge in [-0.15, -0.1) is 0 Å². The lowest BCUT2D eigenvalue weighted by molar-refractivity contribution is 0.185. The Morgan fingerprint density at radius 3 is 1.89 bits per heavy atom. The summed E-state index contributed by atoms with van der Waals surface area (Å²) in [6, 6.07) is 0. The van der Waals surface area contributed by atoms with Crippen molar-refractivity contribution in [3.8, 4) is 0 Å². The van der Waals surface area contributed by atoms with Crippen LogP contribution in [0.1, 0.15) is 6.92 Å². The van der Waals surface area contributed by atoms with E-state index in [0.29, 0.717) is 10.2 Å².